The molecule has 2 rings (SSSR count). The summed E-state index contributed by atoms with van der Waals surface area (Å²) in [5.74, 6) is 0.697. The summed E-state index contributed by atoms with van der Waals surface area (Å²) >= 11 is 6.12. The first-order valence-corrected chi connectivity index (χ1v) is 6.95. The molecular weight excluding hydrogens is 282 g/mol. The highest BCUT2D eigenvalue weighted by atomic mass is 35.5. The zero-order valence-corrected chi connectivity index (χ0v) is 12.8. The zero-order valence-electron chi connectivity index (χ0n) is 12.0. The summed E-state index contributed by atoms with van der Waals surface area (Å²) in [6, 6.07) is 9.52. The van der Waals surface area contributed by atoms with Gasteiger partial charge in [-0.1, -0.05) is 49.5 Å². The van der Waals surface area contributed by atoms with Crippen LogP contribution in [0.25, 0.3) is 0 Å². The third kappa shape index (κ3) is 2.84. The molecule has 0 saturated carbocycles. The Morgan fingerprint density at radius 2 is 2.00 bits per heavy atom. The minimum absolute atomic E-state index is 0.262. The molecule has 0 saturated heterocycles. The molecule has 0 unspecified atom stereocenters. The van der Waals surface area contributed by atoms with E-state index in [0.29, 0.717) is 27.8 Å². The average molecular weight is 300 g/mol. The van der Waals surface area contributed by atoms with Crippen molar-refractivity contribution in [3.8, 4) is 0 Å². The molecule has 4 heteroatoms. The minimum Gasteiger partial charge on any atom is -0.322 e. The van der Waals surface area contributed by atoms with Crippen LogP contribution in [0.4, 0.5) is 5.69 Å². The first-order chi connectivity index (χ1) is 9.97. The highest BCUT2D eigenvalue weighted by molar-refractivity contribution is 6.32. The maximum atomic E-state index is 6.12. The van der Waals surface area contributed by atoms with E-state index in [4.69, 9.17) is 17.3 Å². The Balaban J connectivity index is 2.65. The average Bonchev–Trinajstić information content (AvgIpc) is 2.46. The molecule has 0 spiro atoms. The van der Waals surface area contributed by atoms with Gasteiger partial charge in [-0.3, -0.25) is 4.90 Å². The Bertz CT molecular complexity index is 654. The summed E-state index contributed by atoms with van der Waals surface area (Å²) in [4.78, 5) is 6.49. The minimum atomic E-state index is -0.262. The first kappa shape index (κ1) is 15.3. The van der Waals surface area contributed by atoms with Crippen LogP contribution in [0.1, 0.15) is 6.92 Å². The number of benzene rings is 1. The summed E-state index contributed by atoms with van der Waals surface area (Å²) in [5.41, 5.74) is 9.01. The molecule has 1 aromatic rings. The number of halogens is 1. The van der Waals surface area contributed by atoms with Crippen LogP contribution in [0.3, 0.4) is 0 Å². The van der Waals surface area contributed by atoms with Crippen molar-refractivity contribution in [1.29, 1.82) is 0 Å². The van der Waals surface area contributed by atoms with E-state index in [2.05, 4.69) is 24.7 Å². The number of allylic oxidation sites excluding steroid dienone is 2. The van der Waals surface area contributed by atoms with Crippen LogP contribution in [0, 0.1) is 0 Å². The second kappa shape index (κ2) is 6.12. The largest absolute Gasteiger partial charge is 0.322 e. The van der Waals surface area contributed by atoms with Gasteiger partial charge < -0.3 is 5.73 Å². The predicted molar refractivity (Wildman–Crippen MR) is 91.4 cm³/mol. The Kier molecular flexibility index (Phi) is 4.46. The molecule has 0 bridgehead atoms. The maximum absolute atomic E-state index is 6.12. The maximum Gasteiger partial charge on any atom is 0.131 e. The molecule has 3 nitrogen and oxygen atoms in total. The second-order valence-corrected chi connectivity index (χ2v) is 5.20. The number of hydrogen-bond donors (Lipinski definition) is 1. The smallest absolute Gasteiger partial charge is 0.131 e. The second-order valence-electron chi connectivity index (χ2n) is 4.75. The Hall–Kier alpha value is -2.10. The molecule has 1 aliphatic heterocycles. The van der Waals surface area contributed by atoms with Crippen LogP contribution in [-0.2, 0) is 0 Å². The van der Waals surface area contributed by atoms with Gasteiger partial charge in [0, 0.05) is 16.3 Å². The van der Waals surface area contributed by atoms with E-state index in [9.17, 15) is 0 Å². The number of nitrogens with zero attached hydrogens (tertiary/aromatic N) is 2. The summed E-state index contributed by atoms with van der Waals surface area (Å²) in [6.45, 7) is 13.6. The van der Waals surface area contributed by atoms with Gasteiger partial charge >= 0.3 is 0 Å². The van der Waals surface area contributed by atoms with Gasteiger partial charge in [0.1, 0.15) is 5.84 Å². The Morgan fingerprint density at radius 3 is 2.48 bits per heavy atom. The lowest BCUT2D eigenvalue weighted by Gasteiger charge is -2.34. The Morgan fingerprint density at radius 1 is 1.38 bits per heavy atom. The van der Waals surface area contributed by atoms with Crippen LogP contribution in [0.15, 0.2) is 83.1 Å². The summed E-state index contributed by atoms with van der Waals surface area (Å²) in [5, 5.41) is 0.378. The van der Waals surface area contributed by atoms with E-state index in [0.717, 1.165) is 5.69 Å². The fourth-order valence-electron chi connectivity index (χ4n) is 2.24. The van der Waals surface area contributed by atoms with Crippen LogP contribution in [-0.4, -0.2) is 11.9 Å². The highest BCUT2D eigenvalue weighted by Gasteiger charge is 2.28. The number of amidine groups is 1. The molecule has 1 atom stereocenters. The molecule has 0 aromatic heterocycles. The lowest BCUT2D eigenvalue weighted by Crippen LogP contribution is -2.44. The molecule has 0 fully saturated rings. The van der Waals surface area contributed by atoms with Crippen molar-refractivity contribution in [2.75, 3.05) is 4.90 Å². The normalized spacial score (nSPS) is 16.6. The molecular formula is C17H18ClN3. The van der Waals surface area contributed by atoms with Crippen molar-refractivity contribution in [2.24, 2.45) is 10.7 Å². The molecule has 0 aliphatic carbocycles. The highest BCUT2D eigenvalue weighted by Crippen LogP contribution is 2.35. The number of aliphatic imine (C=N–C) groups is 1. The van der Waals surface area contributed by atoms with Gasteiger partial charge in [-0.25, -0.2) is 4.99 Å². The number of nitrogens with two attached hydrogens (primary N) is 1. The van der Waals surface area contributed by atoms with E-state index in [1.165, 1.54) is 0 Å². The van der Waals surface area contributed by atoms with Crippen molar-refractivity contribution < 1.29 is 0 Å². The van der Waals surface area contributed by atoms with Crippen LogP contribution < -0.4 is 10.6 Å². The Labute approximate surface area is 130 Å². The third-order valence-corrected chi connectivity index (χ3v) is 3.35. The number of rotatable bonds is 4. The van der Waals surface area contributed by atoms with E-state index < -0.39 is 0 Å². The van der Waals surface area contributed by atoms with Gasteiger partial charge in [0.05, 0.1) is 17.4 Å². The van der Waals surface area contributed by atoms with Gasteiger partial charge in [-0.2, -0.15) is 0 Å². The molecule has 0 amide bonds. The molecule has 21 heavy (non-hydrogen) atoms. The summed E-state index contributed by atoms with van der Waals surface area (Å²) in [6.07, 6.45) is 1.64. The van der Waals surface area contributed by atoms with Gasteiger partial charge in [-0.15, -0.1) is 0 Å². The van der Waals surface area contributed by atoms with Gasteiger partial charge in [0.2, 0.25) is 0 Å². The molecule has 1 heterocycles. The quantitative estimate of drug-likeness (QED) is 0.914. The number of para-hydroxylation sites is 1. The molecule has 1 aromatic carbocycles. The monoisotopic (exact) mass is 299 g/mol. The number of anilines is 1. The van der Waals surface area contributed by atoms with Gasteiger partial charge in [0.25, 0.3) is 0 Å². The van der Waals surface area contributed by atoms with Gasteiger partial charge in [-0.05, 0) is 25.1 Å². The van der Waals surface area contributed by atoms with Crippen molar-refractivity contribution in [1.82, 2.24) is 0 Å². The lowest BCUT2D eigenvalue weighted by atomic mass is 10.0. The van der Waals surface area contributed by atoms with Gasteiger partial charge in [0.15, 0.2) is 0 Å². The zero-order chi connectivity index (χ0) is 15.6. The fourth-order valence-corrected chi connectivity index (χ4v) is 2.45. The standard InChI is InChI=1S/C17H18ClN3/c1-5-15-16(11(2)18)13(4)21(17(20-15)12(3)19)14-9-7-6-8-10-14/h5-10,12H,1-2,4,19H2,3H3/t12-/m0/s1. The molecule has 108 valence electrons. The van der Waals surface area contributed by atoms with Crippen molar-refractivity contribution in [2.45, 2.75) is 13.0 Å². The van der Waals surface area contributed by atoms with Crippen molar-refractivity contribution in [3.63, 3.8) is 0 Å². The lowest BCUT2D eigenvalue weighted by molar-refractivity contribution is 0.927. The molecule has 1 aliphatic rings. The van der Waals surface area contributed by atoms with E-state index in [-0.39, 0.29) is 6.04 Å². The molecule has 0 radical (unpaired) electrons. The fraction of sp³-hybridized carbons (Fsp3) is 0.118. The summed E-state index contributed by atoms with van der Waals surface area (Å²) < 4.78 is 0. The topological polar surface area (TPSA) is 41.6 Å². The van der Waals surface area contributed by atoms with E-state index in [1.807, 2.05) is 42.2 Å². The molecule has 2 N–H and O–H groups in total. The summed E-state index contributed by atoms with van der Waals surface area (Å²) in [7, 11) is 0. The van der Waals surface area contributed by atoms with Crippen LogP contribution in [0.5, 0.6) is 0 Å². The van der Waals surface area contributed by atoms with Crippen LogP contribution in [0.2, 0.25) is 0 Å². The van der Waals surface area contributed by atoms with Crippen LogP contribution >= 0.6 is 11.6 Å². The van der Waals surface area contributed by atoms with Crippen molar-refractivity contribution >= 4 is 23.1 Å². The SMILES string of the molecule is C=CC1=C(C(=C)Cl)C(=C)N(c2ccccc2)C([C@H](C)N)=N1. The number of hydrogen-bond acceptors (Lipinski definition) is 3. The third-order valence-electron chi connectivity index (χ3n) is 3.17. The first-order valence-electron chi connectivity index (χ1n) is 6.57. The van der Waals surface area contributed by atoms with E-state index in [1.54, 1.807) is 6.08 Å². The predicted octanol–water partition coefficient (Wildman–Crippen LogP) is 3.96. The van der Waals surface area contributed by atoms with Crippen molar-refractivity contribution in [3.05, 3.63) is 78.1 Å². The van der Waals surface area contributed by atoms with E-state index >= 15 is 0 Å².